The first-order valence-corrected chi connectivity index (χ1v) is 14.6. The molecule has 1 amide bonds. The third-order valence-corrected chi connectivity index (χ3v) is 7.32. The zero-order valence-electron chi connectivity index (χ0n) is 24.3. The molecule has 1 fully saturated rings. The second-order valence-electron chi connectivity index (χ2n) is 9.01. The summed E-state index contributed by atoms with van der Waals surface area (Å²) in [6.07, 6.45) is 2.79. The molecule has 0 saturated carbocycles. The van der Waals surface area contributed by atoms with Gasteiger partial charge in [0.1, 0.15) is 25.2 Å². The van der Waals surface area contributed by atoms with Crippen molar-refractivity contribution in [3.8, 4) is 11.6 Å². The monoisotopic (exact) mass is 678 g/mol. The molecule has 0 N–H and O–H groups in total. The minimum atomic E-state index is -0.718. The lowest BCUT2D eigenvalue weighted by Gasteiger charge is -2.34. The topological polar surface area (TPSA) is 150 Å². The van der Waals surface area contributed by atoms with Crippen molar-refractivity contribution in [2.45, 2.75) is 13.2 Å². The van der Waals surface area contributed by atoms with Crippen LogP contribution in [0.1, 0.15) is 10.4 Å². The first-order valence-electron chi connectivity index (χ1n) is 13.0. The highest BCUT2D eigenvalue weighted by molar-refractivity contribution is 7.15. The van der Waals surface area contributed by atoms with Crippen LogP contribution < -0.4 is 9.80 Å². The molecule has 0 unspecified atom stereocenters. The maximum Gasteiger partial charge on any atom is 0.438 e. The number of halogens is 2. The Morgan fingerprint density at radius 3 is 2.58 bits per heavy atom. The van der Waals surface area contributed by atoms with Gasteiger partial charge in [0, 0.05) is 41.0 Å². The van der Waals surface area contributed by atoms with Crippen molar-refractivity contribution in [3.63, 3.8) is 0 Å². The number of guanidine groups is 1. The molecule has 0 aliphatic carbocycles. The summed E-state index contributed by atoms with van der Waals surface area (Å²) in [6, 6.07) is 16.3. The van der Waals surface area contributed by atoms with E-state index in [-0.39, 0.29) is 26.0 Å². The van der Waals surface area contributed by atoms with E-state index in [1.54, 1.807) is 64.3 Å². The fraction of sp³-hybridized carbons (Fsp3) is 0.259. The van der Waals surface area contributed by atoms with Crippen LogP contribution in [0, 0.1) is 10.1 Å². The van der Waals surface area contributed by atoms with Gasteiger partial charge in [-0.3, -0.25) is 4.84 Å². The van der Waals surface area contributed by atoms with Gasteiger partial charge in [-0.25, -0.2) is 24.6 Å². The summed E-state index contributed by atoms with van der Waals surface area (Å²) < 4.78 is 17.9. The van der Waals surface area contributed by atoms with Crippen LogP contribution in [-0.4, -0.2) is 76.4 Å². The fourth-order valence-corrected chi connectivity index (χ4v) is 5.10. The Hall–Kier alpha value is -4.48. The number of carbonyl (C=O) groups excluding carboxylic acids is 1. The Morgan fingerprint density at radius 1 is 1.16 bits per heavy atom. The predicted octanol–water partition coefficient (Wildman–Crippen LogP) is 5.26. The first-order chi connectivity index (χ1) is 21.7. The molecule has 0 radical (unpaired) electrons. The molecule has 45 heavy (non-hydrogen) atoms. The van der Waals surface area contributed by atoms with Gasteiger partial charge in [0.15, 0.2) is 9.50 Å². The molecule has 18 heteroatoms. The summed E-state index contributed by atoms with van der Waals surface area (Å²) in [5.74, 6) is 0.706. The normalized spacial score (nSPS) is 13.7. The molecular formula is C27H28Cl2N8O7S. The Balaban J connectivity index is 0.000000222. The van der Waals surface area contributed by atoms with Gasteiger partial charge in [-0.2, -0.15) is 5.06 Å². The molecule has 0 bridgehead atoms. The number of benzene rings is 2. The lowest BCUT2D eigenvalue weighted by atomic mass is 10.2. The van der Waals surface area contributed by atoms with Crippen LogP contribution in [0.15, 0.2) is 72.1 Å². The molecule has 1 aliphatic rings. The maximum atomic E-state index is 11.9. The highest BCUT2D eigenvalue weighted by atomic mass is 35.5. The zero-order chi connectivity index (χ0) is 32.3. The van der Waals surface area contributed by atoms with Gasteiger partial charge in [-0.15, -0.1) is 16.4 Å². The number of hydrogen-bond acceptors (Lipinski definition) is 10. The smallest absolute Gasteiger partial charge is 0.438 e. The Labute approximate surface area is 271 Å². The van der Waals surface area contributed by atoms with Crippen LogP contribution in [-0.2, 0) is 27.5 Å². The average Bonchev–Trinajstić information content (AvgIpc) is 3.68. The third-order valence-electron chi connectivity index (χ3n) is 5.96. The number of hydrogen-bond donors (Lipinski definition) is 0. The first kappa shape index (κ1) is 33.4. The van der Waals surface area contributed by atoms with E-state index in [9.17, 15) is 14.9 Å². The van der Waals surface area contributed by atoms with E-state index in [0.29, 0.717) is 27.6 Å². The molecule has 3 heterocycles. The lowest BCUT2D eigenvalue weighted by molar-refractivity contribution is -0.486. The summed E-state index contributed by atoms with van der Waals surface area (Å²) in [5.41, 5.74) is 2.14. The number of anilines is 1. The molecule has 0 spiro atoms. The Kier molecular flexibility index (Phi) is 11.9. The van der Waals surface area contributed by atoms with Gasteiger partial charge in [-0.1, -0.05) is 41.4 Å². The lowest BCUT2D eigenvalue weighted by Crippen LogP contribution is -2.49. The Bertz CT molecular complexity index is 1620. The highest BCUT2D eigenvalue weighted by Gasteiger charge is 2.25. The molecule has 0 atom stereocenters. The zero-order valence-corrected chi connectivity index (χ0v) is 26.6. The van der Waals surface area contributed by atoms with E-state index in [4.69, 9.17) is 42.3 Å². The van der Waals surface area contributed by atoms with E-state index in [2.05, 4.69) is 15.2 Å². The molecule has 5 rings (SSSR count). The van der Waals surface area contributed by atoms with Gasteiger partial charge in [0.25, 0.3) is 5.96 Å². The molecule has 2 aromatic heterocycles. The van der Waals surface area contributed by atoms with E-state index in [0.717, 1.165) is 21.2 Å². The molecule has 4 aromatic rings. The number of nitro groups is 1. The summed E-state index contributed by atoms with van der Waals surface area (Å²) in [4.78, 5) is 35.5. The SMILES string of the molecule is CN1COCN(Cc2cnc(Cl)s2)/C1=N/[N+](=O)[O-].COC(=O)N(OC)c1ccccc1COc1ccn(-c2ccc(Cl)cc2)n1. The van der Waals surface area contributed by atoms with E-state index >= 15 is 0 Å². The summed E-state index contributed by atoms with van der Waals surface area (Å²) in [6.45, 7) is 1.13. The number of nitrogens with zero attached hydrogens (tertiary/aromatic N) is 8. The van der Waals surface area contributed by atoms with Crippen molar-refractivity contribution in [1.82, 2.24) is 24.6 Å². The van der Waals surface area contributed by atoms with Crippen LogP contribution in [0.4, 0.5) is 10.5 Å². The van der Waals surface area contributed by atoms with Crippen molar-refractivity contribution in [2.24, 2.45) is 5.10 Å². The molecule has 238 valence electrons. The van der Waals surface area contributed by atoms with Crippen molar-refractivity contribution in [2.75, 3.05) is 39.8 Å². The van der Waals surface area contributed by atoms with Crippen LogP contribution >= 0.6 is 34.5 Å². The molecular weight excluding hydrogens is 651 g/mol. The van der Waals surface area contributed by atoms with E-state index in [1.807, 2.05) is 24.3 Å². The number of methoxy groups -OCH3 is 1. The van der Waals surface area contributed by atoms with Gasteiger partial charge in [-0.05, 0) is 30.3 Å². The van der Waals surface area contributed by atoms with Gasteiger partial charge >= 0.3 is 6.09 Å². The molecule has 1 aliphatic heterocycles. The summed E-state index contributed by atoms with van der Waals surface area (Å²) in [7, 11) is 4.35. The second kappa shape index (κ2) is 16.0. The highest BCUT2D eigenvalue weighted by Crippen LogP contribution is 2.24. The number of amides is 1. The van der Waals surface area contributed by atoms with Crippen LogP contribution in [0.5, 0.6) is 5.88 Å². The number of rotatable bonds is 9. The van der Waals surface area contributed by atoms with Crippen LogP contribution in [0.2, 0.25) is 9.49 Å². The molecule has 1 saturated heterocycles. The largest absolute Gasteiger partial charge is 0.472 e. The summed E-state index contributed by atoms with van der Waals surface area (Å²) in [5, 5.41) is 19.3. The number of thiazole rings is 1. The number of hydrazone groups is 1. The number of para-hydroxylation sites is 1. The second-order valence-corrected chi connectivity index (χ2v) is 11.1. The number of carbonyl (C=O) groups is 1. The van der Waals surface area contributed by atoms with Gasteiger partial charge < -0.3 is 24.0 Å². The number of hydroxylamine groups is 1. The molecule has 2 aromatic carbocycles. The standard InChI is InChI=1S/C19H18ClN3O4.C8H10ClN5O3S/c1-25-19(24)23(26-2)17-6-4-3-5-14(17)13-27-18-11-12-22(21-18)16-9-7-15(20)8-10-16;1-12-4-17-5-13(8(12)11-14(15)16)3-6-2-10-7(9)18-6/h3-12H,13H2,1-2H3;2H,3-5H2,1H3/b;11-8+. The van der Waals surface area contributed by atoms with Gasteiger partial charge in [0.2, 0.25) is 5.88 Å². The number of aromatic nitrogens is 3. The van der Waals surface area contributed by atoms with Crippen molar-refractivity contribution in [1.29, 1.82) is 0 Å². The fourth-order valence-electron chi connectivity index (χ4n) is 3.98. The van der Waals surface area contributed by atoms with Crippen LogP contribution in [0.25, 0.3) is 5.69 Å². The number of ether oxygens (including phenoxy) is 3. The van der Waals surface area contributed by atoms with E-state index in [1.165, 1.54) is 25.6 Å². The minimum Gasteiger partial charge on any atom is -0.472 e. The Morgan fingerprint density at radius 2 is 1.91 bits per heavy atom. The van der Waals surface area contributed by atoms with E-state index < -0.39 is 11.1 Å². The molecule has 15 nitrogen and oxygen atoms in total. The predicted molar refractivity (Wildman–Crippen MR) is 167 cm³/mol. The summed E-state index contributed by atoms with van der Waals surface area (Å²) >= 11 is 13.0. The average molecular weight is 680 g/mol. The van der Waals surface area contributed by atoms with Crippen LogP contribution in [0.3, 0.4) is 0 Å². The third kappa shape index (κ3) is 9.26. The maximum absolute atomic E-state index is 11.9. The van der Waals surface area contributed by atoms with Gasteiger partial charge in [0.05, 0.1) is 32.1 Å². The quantitative estimate of drug-likeness (QED) is 0.168. The minimum absolute atomic E-state index is 0.199. The van der Waals surface area contributed by atoms with Crippen molar-refractivity contribution in [3.05, 3.63) is 97.0 Å². The van der Waals surface area contributed by atoms with Crippen molar-refractivity contribution < 1.29 is 28.9 Å². The van der Waals surface area contributed by atoms with Crippen molar-refractivity contribution >= 4 is 52.3 Å².